The molecule has 0 aliphatic carbocycles. The molecule has 20 heavy (non-hydrogen) atoms. The van der Waals surface area contributed by atoms with E-state index >= 15 is 0 Å². The van der Waals surface area contributed by atoms with Crippen LogP contribution >= 0.6 is 0 Å². The van der Waals surface area contributed by atoms with E-state index < -0.39 is 11.9 Å². The van der Waals surface area contributed by atoms with E-state index in [4.69, 9.17) is 15.6 Å². The molecule has 1 aliphatic heterocycles. The number of ether oxygens (including phenoxy) is 1. The predicted octanol–water partition coefficient (Wildman–Crippen LogP) is 0.169. The van der Waals surface area contributed by atoms with Crippen LogP contribution in [0.4, 0.5) is 5.82 Å². The van der Waals surface area contributed by atoms with Crippen molar-refractivity contribution in [1.29, 1.82) is 0 Å². The Bertz CT molecular complexity index is 532. The standard InChI is InChI=1S/C13H17N3O4/c1-8-4-9(13(14)19)5-11(15-8)16-2-3-20-7-10(16)6-12(17)18/h4-5,10H,2-3,6-7H2,1H3,(H2,14,19)(H,17,18). The summed E-state index contributed by atoms with van der Waals surface area (Å²) in [5.41, 5.74) is 6.32. The summed E-state index contributed by atoms with van der Waals surface area (Å²) in [4.78, 5) is 28.4. The zero-order valence-electron chi connectivity index (χ0n) is 11.2. The lowest BCUT2D eigenvalue weighted by Gasteiger charge is -2.36. The maximum Gasteiger partial charge on any atom is 0.305 e. The lowest BCUT2D eigenvalue weighted by molar-refractivity contribution is -0.138. The fourth-order valence-electron chi connectivity index (χ4n) is 2.27. The smallest absolute Gasteiger partial charge is 0.305 e. The molecular formula is C13H17N3O4. The largest absolute Gasteiger partial charge is 0.481 e. The van der Waals surface area contributed by atoms with Crippen LogP contribution in [0, 0.1) is 6.92 Å². The van der Waals surface area contributed by atoms with E-state index in [2.05, 4.69) is 4.98 Å². The predicted molar refractivity (Wildman–Crippen MR) is 71.7 cm³/mol. The third-order valence-corrected chi connectivity index (χ3v) is 3.16. The molecule has 0 spiro atoms. The quantitative estimate of drug-likeness (QED) is 0.813. The molecule has 0 saturated carbocycles. The number of primary amides is 1. The normalized spacial score (nSPS) is 18.9. The summed E-state index contributed by atoms with van der Waals surface area (Å²) in [5, 5.41) is 8.95. The van der Waals surface area contributed by atoms with Crippen molar-refractivity contribution >= 4 is 17.7 Å². The molecule has 3 N–H and O–H groups in total. The maximum atomic E-state index is 11.3. The molecule has 1 aromatic heterocycles. The number of aryl methyl sites for hydroxylation is 1. The number of aliphatic carboxylic acids is 1. The number of anilines is 1. The SMILES string of the molecule is Cc1cc(C(N)=O)cc(N2CCOCC2CC(=O)O)n1. The van der Waals surface area contributed by atoms with Gasteiger partial charge in [0, 0.05) is 17.8 Å². The summed E-state index contributed by atoms with van der Waals surface area (Å²) in [7, 11) is 0. The summed E-state index contributed by atoms with van der Waals surface area (Å²) in [6.45, 7) is 3.13. The number of amides is 1. The van der Waals surface area contributed by atoms with Gasteiger partial charge in [-0.25, -0.2) is 4.98 Å². The number of nitrogens with zero attached hydrogens (tertiary/aromatic N) is 2. The zero-order chi connectivity index (χ0) is 14.7. The Labute approximate surface area is 116 Å². The van der Waals surface area contributed by atoms with Gasteiger partial charge in [-0.1, -0.05) is 0 Å². The Morgan fingerprint density at radius 1 is 1.55 bits per heavy atom. The van der Waals surface area contributed by atoms with Gasteiger partial charge in [0.15, 0.2) is 0 Å². The van der Waals surface area contributed by atoms with E-state index in [1.807, 2.05) is 4.90 Å². The topological polar surface area (TPSA) is 106 Å². The number of pyridine rings is 1. The molecule has 1 aromatic rings. The van der Waals surface area contributed by atoms with Gasteiger partial charge in [-0.15, -0.1) is 0 Å². The third-order valence-electron chi connectivity index (χ3n) is 3.16. The molecule has 7 nitrogen and oxygen atoms in total. The van der Waals surface area contributed by atoms with Crippen molar-refractivity contribution in [2.75, 3.05) is 24.7 Å². The molecule has 108 valence electrons. The molecule has 0 bridgehead atoms. The molecule has 1 aliphatic rings. The van der Waals surface area contributed by atoms with Gasteiger partial charge >= 0.3 is 5.97 Å². The van der Waals surface area contributed by atoms with Crippen molar-refractivity contribution in [3.8, 4) is 0 Å². The summed E-state index contributed by atoms with van der Waals surface area (Å²) in [6.07, 6.45) is -0.0402. The Hall–Kier alpha value is -2.15. The van der Waals surface area contributed by atoms with Crippen molar-refractivity contribution < 1.29 is 19.4 Å². The number of hydrogen-bond donors (Lipinski definition) is 2. The average Bonchev–Trinajstić information content (AvgIpc) is 2.37. The van der Waals surface area contributed by atoms with Crippen LogP contribution in [0.2, 0.25) is 0 Å². The van der Waals surface area contributed by atoms with Crippen molar-refractivity contribution in [3.05, 3.63) is 23.4 Å². The monoisotopic (exact) mass is 279 g/mol. The van der Waals surface area contributed by atoms with Gasteiger partial charge in [-0.2, -0.15) is 0 Å². The first-order chi connectivity index (χ1) is 9.47. The number of nitrogens with two attached hydrogens (primary N) is 1. The van der Waals surface area contributed by atoms with Crippen LogP contribution in [-0.4, -0.2) is 47.8 Å². The zero-order valence-corrected chi connectivity index (χ0v) is 11.2. The van der Waals surface area contributed by atoms with Crippen molar-refractivity contribution in [2.24, 2.45) is 5.73 Å². The highest BCUT2D eigenvalue weighted by molar-refractivity contribution is 5.93. The van der Waals surface area contributed by atoms with Crippen LogP contribution in [0.15, 0.2) is 12.1 Å². The first-order valence-electron chi connectivity index (χ1n) is 6.32. The highest BCUT2D eigenvalue weighted by Crippen LogP contribution is 2.21. The second-order valence-electron chi connectivity index (χ2n) is 4.74. The highest BCUT2D eigenvalue weighted by atomic mass is 16.5. The molecule has 1 saturated heterocycles. The van der Waals surface area contributed by atoms with Gasteiger partial charge in [-0.3, -0.25) is 9.59 Å². The summed E-state index contributed by atoms with van der Waals surface area (Å²) in [5.74, 6) is -0.860. The van der Waals surface area contributed by atoms with E-state index in [1.54, 1.807) is 19.1 Å². The molecule has 1 atom stereocenters. The van der Waals surface area contributed by atoms with E-state index in [9.17, 15) is 9.59 Å². The fraction of sp³-hybridized carbons (Fsp3) is 0.462. The average molecular weight is 279 g/mol. The molecule has 2 heterocycles. The molecular weight excluding hydrogens is 262 g/mol. The second kappa shape index (κ2) is 5.87. The number of hydrogen-bond acceptors (Lipinski definition) is 5. The minimum absolute atomic E-state index is 0.0402. The molecule has 2 rings (SSSR count). The fourth-order valence-corrected chi connectivity index (χ4v) is 2.27. The Kier molecular flexibility index (Phi) is 4.19. The van der Waals surface area contributed by atoms with Crippen LogP contribution < -0.4 is 10.6 Å². The maximum absolute atomic E-state index is 11.3. The molecule has 1 amide bonds. The van der Waals surface area contributed by atoms with E-state index in [0.717, 1.165) is 0 Å². The van der Waals surface area contributed by atoms with Gasteiger partial charge in [0.2, 0.25) is 5.91 Å². The number of rotatable bonds is 4. The number of carbonyl (C=O) groups excluding carboxylic acids is 1. The third kappa shape index (κ3) is 3.24. The van der Waals surface area contributed by atoms with Gasteiger partial charge < -0.3 is 20.5 Å². The van der Waals surface area contributed by atoms with Crippen LogP contribution in [0.3, 0.4) is 0 Å². The molecule has 1 fully saturated rings. The number of morpholine rings is 1. The van der Waals surface area contributed by atoms with Crippen LogP contribution in [0.5, 0.6) is 0 Å². The van der Waals surface area contributed by atoms with Crippen LogP contribution in [-0.2, 0) is 9.53 Å². The molecule has 1 unspecified atom stereocenters. The Morgan fingerprint density at radius 3 is 2.95 bits per heavy atom. The minimum Gasteiger partial charge on any atom is -0.481 e. The summed E-state index contributed by atoms with van der Waals surface area (Å²) in [6, 6.07) is 2.91. The van der Waals surface area contributed by atoms with Crippen molar-refractivity contribution in [3.63, 3.8) is 0 Å². The highest BCUT2D eigenvalue weighted by Gasteiger charge is 2.27. The van der Waals surface area contributed by atoms with E-state index in [0.29, 0.717) is 36.8 Å². The van der Waals surface area contributed by atoms with Crippen molar-refractivity contribution in [2.45, 2.75) is 19.4 Å². The van der Waals surface area contributed by atoms with Crippen molar-refractivity contribution in [1.82, 2.24) is 4.98 Å². The van der Waals surface area contributed by atoms with Gasteiger partial charge in [0.05, 0.1) is 25.7 Å². The first-order valence-corrected chi connectivity index (χ1v) is 6.32. The Balaban J connectivity index is 2.31. The summed E-state index contributed by atoms with van der Waals surface area (Å²) >= 11 is 0. The van der Waals surface area contributed by atoms with Crippen LogP contribution in [0.1, 0.15) is 22.5 Å². The first kappa shape index (κ1) is 14.3. The van der Waals surface area contributed by atoms with E-state index in [-0.39, 0.29) is 12.5 Å². The number of carboxylic acids is 1. The molecule has 0 aromatic carbocycles. The van der Waals surface area contributed by atoms with E-state index in [1.165, 1.54) is 0 Å². The van der Waals surface area contributed by atoms with Gasteiger partial charge in [-0.05, 0) is 19.1 Å². The number of aromatic nitrogens is 1. The minimum atomic E-state index is -0.895. The summed E-state index contributed by atoms with van der Waals surface area (Å²) < 4.78 is 5.32. The number of carboxylic acid groups (broad SMARTS) is 1. The molecule has 7 heteroatoms. The Morgan fingerprint density at radius 2 is 2.30 bits per heavy atom. The second-order valence-corrected chi connectivity index (χ2v) is 4.74. The van der Waals surface area contributed by atoms with Gasteiger partial charge in [0.1, 0.15) is 5.82 Å². The number of carbonyl (C=O) groups is 2. The lowest BCUT2D eigenvalue weighted by Crippen LogP contribution is -2.47. The lowest BCUT2D eigenvalue weighted by atomic mass is 10.1. The molecule has 0 radical (unpaired) electrons. The van der Waals surface area contributed by atoms with Crippen LogP contribution in [0.25, 0.3) is 0 Å². The van der Waals surface area contributed by atoms with Gasteiger partial charge in [0.25, 0.3) is 0 Å².